The number of methoxy groups -OCH3 is 1. The maximum Gasteiger partial charge on any atom is 0.410 e. The lowest BCUT2D eigenvalue weighted by molar-refractivity contribution is -0.136. The fourth-order valence-electron chi connectivity index (χ4n) is 4.45. The van der Waals surface area contributed by atoms with E-state index in [1.54, 1.807) is 12.0 Å². The number of fused-ring (bicyclic) bond motifs is 1. The molecule has 4 amide bonds. The first-order valence-corrected chi connectivity index (χ1v) is 11.2. The second-order valence-electron chi connectivity index (χ2n) is 9.53. The Bertz CT molecular complexity index is 993. The Morgan fingerprint density at radius 1 is 1.09 bits per heavy atom. The van der Waals surface area contributed by atoms with Gasteiger partial charge in [0.15, 0.2) is 0 Å². The van der Waals surface area contributed by atoms with Gasteiger partial charge in [-0.1, -0.05) is 0 Å². The van der Waals surface area contributed by atoms with Crippen molar-refractivity contribution in [1.82, 2.24) is 15.1 Å². The van der Waals surface area contributed by atoms with Crippen LogP contribution in [-0.2, 0) is 20.9 Å². The zero-order valence-corrected chi connectivity index (χ0v) is 19.5. The van der Waals surface area contributed by atoms with E-state index in [1.165, 1.54) is 4.90 Å². The van der Waals surface area contributed by atoms with Crippen molar-refractivity contribution >= 4 is 29.5 Å². The molecule has 10 nitrogen and oxygen atoms in total. The fraction of sp³-hybridized carbons (Fsp3) is 0.565. The molecule has 1 atom stereocenters. The zero-order valence-electron chi connectivity index (χ0n) is 19.5. The van der Waals surface area contributed by atoms with Gasteiger partial charge in [0.1, 0.15) is 17.4 Å². The summed E-state index contributed by atoms with van der Waals surface area (Å²) in [6.07, 6.45) is 0.191. The van der Waals surface area contributed by atoms with Crippen LogP contribution in [0.5, 0.6) is 5.75 Å². The van der Waals surface area contributed by atoms with E-state index in [-0.39, 0.29) is 30.9 Å². The Kier molecular flexibility index (Phi) is 5.94. The Labute approximate surface area is 192 Å². The average molecular weight is 459 g/mol. The number of nitrogens with one attached hydrogen (secondary N) is 1. The highest BCUT2D eigenvalue weighted by Gasteiger charge is 2.40. The predicted octanol–water partition coefficient (Wildman–Crippen LogP) is 1.51. The number of nitrogens with zero attached hydrogens (tertiary/aromatic N) is 3. The van der Waals surface area contributed by atoms with Crippen LogP contribution in [0.4, 0.5) is 10.5 Å². The van der Waals surface area contributed by atoms with Crippen LogP contribution in [0.25, 0.3) is 0 Å². The highest BCUT2D eigenvalue weighted by molar-refractivity contribution is 6.06. The van der Waals surface area contributed by atoms with Gasteiger partial charge in [-0.3, -0.25) is 19.7 Å². The minimum atomic E-state index is -0.673. The molecule has 0 radical (unpaired) electrons. The Hall–Kier alpha value is -3.30. The summed E-state index contributed by atoms with van der Waals surface area (Å²) in [5, 5.41) is 2.32. The maximum atomic E-state index is 13.2. The average Bonchev–Trinajstić information content (AvgIpc) is 3.08. The second kappa shape index (κ2) is 8.57. The lowest BCUT2D eigenvalue weighted by atomic mass is 10.0. The van der Waals surface area contributed by atoms with Crippen molar-refractivity contribution in [2.75, 3.05) is 38.2 Å². The molecule has 1 unspecified atom stereocenters. The zero-order chi connectivity index (χ0) is 23.9. The van der Waals surface area contributed by atoms with Crippen LogP contribution in [0, 0.1) is 0 Å². The monoisotopic (exact) mass is 458 g/mol. The van der Waals surface area contributed by atoms with Crippen molar-refractivity contribution in [3.8, 4) is 5.75 Å². The molecule has 3 aliphatic heterocycles. The van der Waals surface area contributed by atoms with Crippen LogP contribution in [0.1, 0.15) is 49.5 Å². The van der Waals surface area contributed by atoms with E-state index < -0.39 is 17.6 Å². The number of ether oxygens (including phenoxy) is 2. The van der Waals surface area contributed by atoms with Crippen molar-refractivity contribution in [3.05, 3.63) is 23.3 Å². The van der Waals surface area contributed by atoms with Crippen molar-refractivity contribution in [1.29, 1.82) is 0 Å². The van der Waals surface area contributed by atoms with E-state index in [9.17, 15) is 19.2 Å². The van der Waals surface area contributed by atoms with Gasteiger partial charge in [0.2, 0.25) is 11.8 Å². The summed E-state index contributed by atoms with van der Waals surface area (Å²) in [7, 11) is 1.55. The van der Waals surface area contributed by atoms with Crippen LogP contribution in [-0.4, -0.2) is 78.5 Å². The molecule has 3 heterocycles. The molecule has 1 aromatic carbocycles. The SMILES string of the molecule is COc1cc(N2CCN(C(=O)OC(C)(C)C)CC2)cc2c1CN(C1CCC(=O)NC1=O)C2=O. The number of carbonyl (C=O) groups is 4. The van der Waals surface area contributed by atoms with Crippen molar-refractivity contribution in [3.63, 3.8) is 0 Å². The molecule has 0 aliphatic carbocycles. The van der Waals surface area contributed by atoms with E-state index in [1.807, 2.05) is 32.9 Å². The first kappa shape index (κ1) is 22.9. The molecule has 0 spiro atoms. The minimum Gasteiger partial charge on any atom is -0.496 e. The molecule has 3 aliphatic rings. The number of imide groups is 1. The van der Waals surface area contributed by atoms with Crippen molar-refractivity contribution < 1.29 is 28.7 Å². The second-order valence-corrected chi connectivity index (χ2v) is 9.53. The summed E-state index contributed by atoms with van der Waals surface area (Å²) in [5.74, 6) is -0.414. The molecular weight excluding hydrogens is 428 g/mol. The minimum absolute atomic E-state index is 0.209. The Balaban J connectivity index is 1.50. The topological polar surface area (TPSA) is 108 Å². The molecule has 10 heteroatoms. The number of piperazine rings is 1. The van der Waals surface area contributed by atoms with Gasteiger partial charge in [0.25, 0.3) is 5.91 Å². The van der Waals surface area contributed by atoms with Gasteiger partial charge in [-0.15, -0.1) is 0 Å². The van der Waals surface area contributed by atoms with Gasteiger partial charge >= 0.3 is 6.09 Å². The smallest absolute Gasteiger partial charge is 0.410 e. The molecular formula is C23H30N4O6. The Morgan fingerprint density at radius 2 is 1.79 bits per heavy atom. The van der Waals surface area contributed by atoms with Gasteiger partial charge in [-0.25, -0.2) is 4.79 Å². The van der Waals surface area contributed by atoms with Gasteiger partial charge < -0.3 is 24.2 Å². The van der Waals surface area contributed by atoms with E-state index in [2.05, 4.69) is 10.2 Å². The Morgan fingerprint density at radius 3 is 2.39 bits per heavy atom. The molecule has 0 bridgehead atoms. The summed E-state index contributed by atoms with van der Waals surface area (Å²) in [6, 6.07) is 3.05. The van der Waals surface area contributed by atoms with E-state index in [0.29, 0.717) is 43.9 Å². The number of amides is 4. The summed E-state index contributed by atoms with van der Waals surface area (Å²) in [4.78, 5) is 54.7. The molecule has 0 saturated carbocycles. The summed E-state index contributed by atoms with van der Waals surface area (Å²) in [5.41, 5.74) is 1.52. The van der Waals surface area contributed by atoms with Crippen molar-refractivity contribution in [2.24, 2.45) is 0 Å². The third-order valence-corrected chi connectivity index (χ3v) is 6.12. The lowest BCUT2D eigenvalue weighted by Crippen LogP contribution is -2.52. The number of carbonyl (C=O) groups excluding carboxylic acids is 4. The molecule has 0 aromatic heterocycles. The molecule has 1 aromatic rings. The van der Waals surface area contributed by atoms with E-state index in [0.717, 1.165) is 11.3 Å². The number of piperidine rings is 1. The first-order chi connectivity index (χ1) is 15.6. The summed E-state index contributed by atoms with van der Waals surface area (Å²) in [6.45, 7) is 7.97. The van der Waals surface area contributed by atoms with Crippen LogP contribution in [0.3, 0.4) is 0 Å². The van der Waals surface area contributed by atoms with Crippen LogP contribution in [0.2, 0.25) is 0 Å². The van der Waals surface area contributed by atoms with E-state index in [4.69, 9.17) is 9.47 Å². The van der Waals surface area contributed by atoms with Crippen LogP contribution in [0.15, 0.2) is 12.1 Å². The van der Waals surface area contributed by atoms with Crippen LogP contribution >= 0.6 is 0 Å². The van der Waals surface area contributed by atoms with Crippen LogP contribution < -0.4 is 15.0 Å². The first-order valence-electron chi connectivity index (χ1n) is 11.2. The molecule has 1 N–H and O–H groups in total. The van der Waals surface area contributed by atoms with Gasteiger partial charge in [0.05, 0.1) is 19.2 Å². The summed E-state index contributed by atoms with van der Waals surface area (Å²) < 4.78 is 11.0. The predicted molar refractivity (Wildman–Crippen MR) is 119 cm³/mol. The number of anilines is 1. The lowest BCUT2D eigenvalue weighted by Gasteiger charge is -2.37. The quantitative estimate of drug-likeness (QED) is 0.684. The molecule has 2 saturated heterocycles. The van der Waals surface area contributed by atoms with Gasteiger partial charge in [0, 0.05) is 49.9 Å². The van der Waals surface area contributed by atoms with Crippen molar-refractivity contribution in [2.45, 2.75) is 51.8 Å². The fourth-order valence-corrected chi connectivity index (χ4v) is 4.45. The molecule has 33 heavy (non-hydrogen) atoms. The molecule has 178 valence electrons. The van der Waals surface area contributed by atoms with Gasteiger partial charge in [-0.2, -0.15) is 0 Å². The molecule has 4 rings (SSSR count). The maximum absolute atomic E-state index is 13.2. The number of hydrogen-bond donors (Lipinski definition) is 1. The third-order valence-electron chi connectivity index (χ3n) is 6.12. The van der Waals surface area contributed by atoms with E-state index >= 15 is 0 Å². The number of benzene rings is 1. The highest BCUT2D eigenvalue weighted by atomic mass is 16.6. The third kappa shape index (κ3) is 4.60. The molecule has 2 fully saturated rings. The summed E-state index contributed by atoms with van der Waals surface area (Å²) >= 11 is 0. The highest BCUT2D eigenvalue weighted by Crippen LogP contribution is 2.37. The standard InChI is InChI=1S/C23H30N4O6/c1-23(2,3)33-22(31)26-9-7-25(8-10-26)14-11-15-16(18(12-14)32-4)13-27(21(15)30)17-5-6-19(28)24-20(17)29/h11-12,17H,5-10,13H2,1-4H3,(H,24,28,29). The number of hydrogen-bond acceptors (Lipinski definition) is 7. The van der Waals surface area contributed by atoms with Gasteiger partial charge in [-0.05, 0) is 33.3 Å². The normalized spacial score (nSPS) is 21.2. The number of rotatable bonds is 3. The largest absolute Gasteiger partial charge is 0.496 e.